The predicted octanol–water partition coefficient (Wildman–Crippen LogP) is 2.02. The summed E-state index contributed by atoms with van der Waals surface area (Å²) in [6.45, 7) is 5.84. The molecule has 1 aliphatic carbocycles. The maximum atomic E-state index is 9.91. The highest BCUT2D eigenvalue weighted by molar-refractivity contribution is 4.93. The second-order valence-corrected chi connectivity index (χ2v) is 5.04. The molecule has 2 heteroatoms. The topological polar surface area (TPSA) is 23.5 Å². The highest BCUT2D eigenvalue weighted by Crippen LogP contribution is 2.34. The van der Waals surface area contributed by atoms with Gasteiger partial charge in [-0.15, -0.1) is 0 Å². The summed E-state index contributed by atoms with van der Waals surface area (Å²) in [5, 5.41) is 9.91. The molecule has 2 rings (SSSR count). The van der Waals surface area contributed by atoms with Gasteiger partial charge in [0, 0.05) is 12.1 Å². The van der Waals surface area contributed by atoms with E-state index in [-0.39, 0.29) is 6.10 Å². The number of aliphatic hydroxyl groups is 1. The van der Waals surface area contributed by atoms with E-state index < -0.39 is 0 Å². The Morgan fingerprint density at radius 2 is 2.07 bits per heavy atom. The summed E-state index contributed by atoms with van der Waals surface area (Å²) in [6, 6.07) is 1.21. The van der Waals surface area contributed by atoms with Gasteiger partial charge in [0.1, 0.15) is 0 Å². The summed E-state index contributed by atoms with van der Waals surface area (Å²) in [5.41, 5.74) is 0. The van der Waals surface area contributed by atoms with Crippen molar-refractivity contribution in [2.75, 3.05) is 6.54 Å². The van der Waals surface area contributed by atoms with Gasteiger partial charge >= 0.3 is 0 Å². The lowest BCUT2D eigenvalue weighted by Gasteiger charge is -2.33. The lowest BCUT2D eigenvalue weighted by Crippen LogP contribution is -2.44. The predicted molar refractivity (Wildman–Crippen MR) is 58.2 cm³/mol. The van der Waals surface area contributed by atoms with Gasteiger partial charge in [-0.1, -0.05) is 13.8 Å². The number of nitrogens with zero attached hydrogens (tertiary/aromatic N) is 1. The fraction of sp³-hybridized carbons (Fsp3) is 1.00. The monoisotopic (exact) mass is 197 g/mol. The van der Waals surface area contributed by atoms with Crippen LogP contribution in [0, 0.1) is 5.92 Å². The maximum Gasteiger partial charge on any atom is 0.0695 e. The van der Waals surface area contributed by atoms with Crippen LogP contribution in [0.5, 0.6) is 0 Å². The zero-order chi connectivity index (χ0) is 10.1. The van der Waals surface area contributed by atoms with Crippen molar-refractivity contribution in [1.29, 1.82) is 0 Å². The minimum absolute atomic E-state index is 0.0469. The van der Waals surface area contributed by atoms with Gasteiger partial charge in [0.25, 0.3) is 0 Å². The third-order valence-corrected chi connectivity index (χ3v) is 4.21. The van der Waals surface area contributed by atoms with Crippen molar-refractivity contribution < 1.29 is 5.11 Å². The molecule has 1 N–H and O–H groups in total. The molecular weight excluding hydrogens is 174 g/mol. The largest absolute Gasteiger partial charge is 0.391 e. The fourth-order valence-electron chi connectivity index (χ4n) is 3.39. The molecule has 82 valence electrons. The fourth-order valence-corrected chi connectivity index (χ4v) is 3.39. The smallest absolute Gasteiger partial charge is 0.0695 e. The minimum atomic E-state index is -0.0469. The van der Waals surface area contributed by atoms with Crippen molar-refractivity contribution >= 4 is 0 Å². The summed E-state index contributed by atoms with van der Waals surface area (Å²) < 4.78 is 0. The Labute approximate surface area is 87.3 Å². The Bertz CT molecular complexity index is 195. The molecule has 0 aromatic carbocycles. The first-order valence-electron chi connectivity index (χ1n) is 6.17. The highest BCUT2D eigenvalue weighted by Gasteiger charge is 2.39. The first-order valence-corrected chi connectivity index (χ1v) is 6.17. The molecule has 14 heavy (non-hydrogen) atoms. The molecule has 0 aromatic rings. The number of rotatable bonds is 2. The van der Waals surface area contributed by atoms with Gasteiger partial charge in [-0.2, -0.15) is 0 Å². The zero-order valence-electron chi connectivity index (χ0n) is 9.45. The molecule has 0 bridgehead atoms. The van der Waals surface area contributed by atoms with Crippen molar-refractivity contribution in [3.05, 3.63) is 0 Å². The molecule has 1 aliphatic heterocycles. The van der Waals surface area contributed by atoms with Crippen LogP contribution < -0.4 is 0 Å². The average Bonchev–Trinajstić information content (AvgIpc) is 2.71. The van der Waals surface area contributed by atoms with Gasteiger partial charge in [-0.05, 0) is 44.6 Å². The van der Waals surface area contributed by atoms with E-state index in [1.165, 1.54) is 32.2 Å². The molecule has 2 unspecified atom stereocenters. The third-order valence-electron chi connectivity index (χ3n) is 4.21. The molecule has 0 amide bonds. The highest BCUT2D eigenvalue weighted by atomic mass is 16.3. The van der Waals surface area contributed by atoms with Crippen LogP contribution in [0.3, 0.4) is 0 Å². The van der Waals surface area contributed by atoms with Crippen molar-refractivity contribution in [2.45, 2.75) is 64.1 Å². The van der Waals surface area contributed by atoms with Crippen molar-refractivity contribution in [2.24, 2.45) is 5.92 Å². The zero-order valence-corrected chi connectivity index (χ0v) is 9.45. The van der Waals surface area contributed by atoms with E-state index in [0.717, 1.165) is 18.4 Å². The van der Waals surface area contributed by atoms with Crippen molar-refractivity contribution in [1.82, 2.24) is 4.90 Å². The van der Waals surface area contributed by atoms with E-state index in [0.29, 0.717) is 6.04 Å². The van der Waals surface area contributed by atoms with E-state index in [4.69, 9.17) is 0 Å². The molecule has 2 fully saturated rings. The number of hydrogen-bond acceptors (Lipinski definition) is 2. The van der Waals surface area contributed by atoms with Crippen LogP contribution in [0.2, 0.25) is 0 Å². The Hall–Kier alpha value is -0.0800. The minimum Gasteiger partial charge on any atom is -0.391 e. The number of likely N-dealkylation sites (tertiary alicyclic amines) is 1. The van der Waals surface area contributed by atoms with Crippen LogP contribution in [0.1, 0.15) is 46.0 Å². The average molecular weight is 197 g/mol. The van der Waals surface area contributed by atoms with E-state index in [2.05, 4.69) is 18.7 Å². The molecule has 0 spiro atoms. The van der Waals surface area contributed by atoms with Gasteiger partial charge in [-0.25, -0.2) is 0 Å². The van der Waals surface area contributed by atoms with Crippen LogP contribution in [-0.4, -0.2) is 34.7 Å². The van der Waals surface area contributed by atoms with Crippen molar-refractivity contribution in [3.63, 3.8) is 0 Å². The summed E-state index contributed by atoms with van der Waals surface area (Å²) in [6.07, 6.45) is 5.96. The quantitative estimate of drug-likeness (QED) is 0.732. The maximum absolute atomic E-state index is 9.91. The molecule has 4 atom stereocenters. The Morgan fingerprint density at radius 3 is 2.64 bits per heavy atom. The van der Waals surface area contributed by atoms with E-state index in [1.807, 2.05) is 0 Å². The van der Waals surface area contributed by atoms with E-state index >= 15 is 0 Å². The Morgan fingerprint density at radius 1 is 1.29 bits per heavy atom. The second kappa shape index (κ2) is 4.19. The molecule has 2 aliphatic rings. The third kappa shape index (κ3) is 1.70. The molecule has 0 radical (unpaired) electrons. The van der Waals surface area contributed by atoms with Crippen LogP contribution in [0.4, 0.5) is 0 Å². The molecular formula is C12H23NO. The van der Waals surface area contributed by atoms with E-state index in [1.54, 1.807) is 0 Å². The molecule has 1 saturated heterocycles. The Balaban J connectivity index is 2.02. The summed E-state index contributed by atoms with van der Waals surface area (Å²) >= 11 is 0. The number of hydrogen-bond donors (Lipinski definition) is 1. The standard InChI is InChI=1S/C12H23NO/c1-3-10-9(2)7-8-13(10)11-5-4-6-12(11)14/h9-12,14H,3-8H2,1-2H3/t9?,10?,11-,12-/m1/s1. The first-order chi connectivity index (χ1) is 6.74. The molecule has 2 nitrogen and oxygen atoms in total. The van der Waals surface area contributed by atoms with Gasteiger partial charge in [0.05, 0.1) is 6.10 Å². The van der Waals surface area contributed by atoms with Gasteiger partial charge in [0.15, 0.2) is 0 Å². The van der Waals surface area contributed by atoms with Crippen LogP contribution in [0.15, 0.2) is 0 Å². The lowest BCUT2D eigenvalue weighted by molar-refractivity contribution is 0.0567. The summed E-state index contributed by atoms with van der Waals surface area (Å²) in [4.78, 5) is 2.59. The second-order valence-electron chi connectivity index (χ2n) is 5.04. The van der Waals surface area contributed by atoms with Crippen LogP contribution >= 0.6 is 0 Å². The molecule has 1 heterocycles. The normalized spacial score (nSPS) is 44.8. The summed E-state index contributed by atoms with van der Waals surface area (Å²) in [7, 11) is 0. The van der Waals surface area contributed by atoms with Crippen LogP contribution in [0.25, 0.3) is 0 Å². The number of aliphatic hydroxyl groups excluding tert-OH is 1. The van der Waals surface area contributed by atoms with E-state index in [9.17, 15) is 5.11 Å². The lowest BCUT2D eigenvalue weighted by atomic mass is 10.00. The van der Waals surface area contributed by atoms with Gasteiger partial charge < -0.3 is 5.11 Å². The Kier molecular flexibility index (Phi) is 3.13. The molecule has 1 saturated carbocycles. The van der Waals surface area contributed by atoms with Crippen molar-refractivity contribution in [3.8, 4) is 0 Å². The summed E-state index contributed by atoms with van der Waals surface area (Å²) in [5.74, 6) is 0.827. The first kappa shape index (κ1) is 10.4. The van der Waals surface area contributed by atoms with Crippen LogP contribution in [-0.2, 0) is 0 Å². The van der Waals surface area contributed by atoms with Gasteiger partial charge in [0.2, 0.25) is 0 Å². The van der Waals surface area contributed by atoms with Gasteiger partial charge in [-0.3, -0.25) is 4.90 Å². The molecule has 0 aromatic heterocycles. The SMILES string of the molecule is CCC1C(C)CCN1[C@@H]1CCC[C@H]1O.